The minimum atomic E-state index is 0.343. The van der Waals surface area contributed by atoms with E-state index in [1.807, 2.05) is 6.07 Å². The Bertz CT molecular complexity index is 1730. The third kappa shape index (κ3) is 4.56. The normalized spacial score (nSPS) is 17.3. The first kappa shape index (κ1) is 26.1. The van der Waals surface area contributed by atoms with Crippen molar-refractivity contribution >= 4 is 57.2 Å². The van der Waals surface area contributed by atoms with Gasteiger partial charge in [0.2, 0.25) is 5.95 Å². The Kier molecular flexibility index (Phi) is 6.69. The number of nitrogens with zero attached hydrogens (tertiary/aromatic N) is 7. The number of halogens is 2. The summed E-state index contributed by atoms with van der Waals surface area (Å²) in [7, 11) is 3.08. The summed E-state index contributed by atoms with van der Waals surface area (Å²) in [4.78, 5) is 14.5. The topological polar surface area (TPSA) is 92.9 Å². The molecular formula is C29H28Cl2N8O2. The van der Waals surface area contributed by atoms with Gasteiger partial charge in [-0.3, -0.25) is 9.30 Å². The second-order valence-corrected chi connectivity index (χ2v) is 11.0. The minimum Gasteiger partial charge on any atom is -0.495 e. The van der Waals surface area contributed by atoms with Crippen LogP contribution in [-0.4, -0.2) is 75.9 Å². The summed E-state index contributed by atoms with van der Waals surface area (Å²) < 4.78 is 12.7. The predicted octanol–water partition coefficient (Wildman–Crippen LogP) is 5.69. The van der Waals surface area contributed by atoms with Crippen LogP contribution < -0.4 is 19.7 Å². The average molecular weight is 592 g/mol. The quantitative estimate of drug-likeness (QED) is 0.267. The van der Waals surface area contributed by atoms with Crippen LogP contribution in [0.4, 0.5) is 17.3 Å². The van der Waals surface area contributed by atoms with Crippen LogP contribution in [0.3, 0.4) is 0 Å². The highest BCUT2D eigenvalue weighted by Crippen LogP contribution is 2.47. The highest BCUT2D eigenvalue weighted by atomic mass is 35.5. The monoisotopic (exact) mass is 590 g/mol. The van der Waals surface area contributed by atoms with E-state index in [0.29, 0.717) is 56.0 Å². The SMILES string of the molecule is COc1cc(OC)c(Cl)c(-c2cc3cnc(Nc4ccc(N5CCN6CCC[C@@H]6C5)cc4)nc3n3cnnc23)c1Cl. The number of piperazine rings is 1. The molecule has 5 aromatic rings. The third-order valence-electron chi connectivity index (χ3n) is 8.03. The smallest absolute Gasteiger partial charge is 0.229 e. The van der Waals surface area contributed by atoms with Crippen LogP contribution in [0, 0.1) is 0 Å². The Morgan fingerprint density at radius 1 is 0.951 bits per heavy atom. The van der Waals surface area contributed by atoms with Crippen LogP contribution in [0.1, 0.15) is 12.8 Å². The van der Waals surface area contributed by atoms with Gasteiger partial charge in [0.05, 0.1) is 24.3 Å². The van der Waals surface area contributed by atoms with Crippen molar-refractivity contribution in [3.63, 3.8) is 0 Å². The Morgan fingerprint density at radius 2 is 1.73 bits per heavy atom. The number of fused-ring (bicyclic) bond motifs is 4. The first-order valence-electron chi connectivity index (χ1n) is 13.5. The molecule has 10 nitrogen and oxygen atoms in total. The molecule has 5 heterocycles. The van der Waals surface area contributed by atoms with Gasteiger partial charge in [-0.25, -0.2) is 4.98 Å². The Labute approximate surface area is 246 Å². The number of methoxy groups -OCH3 is 2. The standard InChI is InChI=1S/C29H28Cl2N8O2/c1-40-22-13-23(41-2)26(31)24(25(22)30)21-12-17-14-32-29(35-27(17)39-16-33-36-28(21)39)34-18-5-7-19(8-6-18)38-11-10-37-9-3-4-20(37)15-38/h5-8,12-14,16,20H,3-4,9-11,15H2,1-2H3,(H,32,34,35)/t20-/m1/s1. The van der Waals surface area contributed by atoms with Gasteiger partial charge in [0, 0.05) is 65.8 Å². The zero-order valence-corrected chi connectivity index (χ0v) is 24.2. The van der Waals surface area contributed by atoms with E-state index in [9.17, 15) is 0 Å². The van der Waals surface area contributed by atoms with E-state index >= 15 is 0 Å². The summed E-state index contributed by atoms with van der Waals surface area (Å²) in [6.07, 6.45) is 5.97. The van der Waals surface area contributed by atoms with E-state index in [1.165, 1.54) is 39.3 Å². The Hall–Kier alpha value is -3.86. The second-order valence-electron chi connectivity index (χ2n) is 10.3. The number of pyridine rings is 1. The molecule has 1 N–H and O–H groups in total. The van der Waals surface area contributed by atoms with Crippen molar-refractivity contribution in [2.75, 3.05) is 50.6 Å². The lowest BCUT2D eigenvalue weighted by atomic mass is 10.0. The molecule has 41 heavy (non-hydrogen) atoms. The molecule has 2 aliphatic rings. The highest BCUT2D eigenvalue weighted by molar-refractivity contribution is 6.41. The number of hydrogen-bond donors (Lipinski definition) is 1. The molecule has 3 aromatic heterocycles. The van der Waals surface area contributed by atoms with Gasteiger partial charge in [-0.15, -0.1) is 10.2 Å². The summed E-state index contributed by atoms with van der Waals surface area (Å²) in [5, 5.41) is 13.3. The maximum atomic E-state index is 6.73. The molecule has 210 valence electrons. The summed E-state index contributed by atoms with van der Waals surface area (Å²) in [6.45, 7) is 4.54. The fourth-order valence-corrected chi connectivity index (χ4v) is 6.65. The molecule has 0 saturated carbocycles. The van der Waals surface area contributed by atoms with Gasteiger partial charge in [0.25, 0.3) is 0 Å². The molecule has 0 spiro atoms. The molecule has 2 aliphatic heterocycles. The van der Waals surface area contributed by atoms with E-state index in [0.717, 1.165) is 30.7 Å². The van der Waals surface area contributed by atoms with E-state index in [4.69, 9.17) is 37.7 Å². The van der Waals surface area contributed by atoms with E-state index < -0.39 is 0 Å². The largest absolute Gasteiger partial charge is 0.495 e. The van der Waals surface area contributed by atoms with Crippen LogP contribution >= 0.6 is 23.2 Å². The molecule has 0 unspecified atom stereocenters. The van der Waals surface area contributed by atoms with Gasteiger partial charge in [0.15, 0.2) is 11.3 Å². The van der Waals surface area contributed by atoms with Crippen molar-refractivity contribution in [3.8, 4) is 22.6 Å². The van der Waals surface area contributed by atoms with Crippen molar-refractivity contribution in [3.05, 3.63) is 59.0 Å². The van der Waals surface area contributed by atoms with Crippen molar-refractivity contribution in [2.24, 2.45) is 0 Å². The van der Waals surface area contributed by atoms with Crippen LogP contribution in [0.15, 0.2) is 48.9 Å². The van der Waals surface area contributed by atoms with Crippen molar-refractivity contribution in [1.29, 1.82) is 0 Å². The van der Waals surface area contributed by atoms with Crippen molar-refractivity contribution < 1.29 is 9.47 Å². The number of hydrogen-bond acceptors (Lipinski definition) is 9. The lowest BCUT2D eigenvalue weighted by Crippen LogP contribution is -2.50. The second kappa shape index (κ2) is 10.5. The summed E-state index contributed by atoms with van der Waals surface area (Å²) in [6, 6.07) is 12.7. The van der Waals surface area contributed by atoms with Gasteiger partial charge in [-0.05, 0) is 49.7 Å². The van der Waals surface area contributed by atoms with Crippen molar-refractivity contribution in [1.82, 2.24) is 29.5 Å². The van der Waals surface area contributed by atoms with Crippen LogP contribution in [0.5, 0.6) is 11.5 Å². The van der Waals surface area contributed by atoms with Crippen LogP contribution in [0.25, 0.3) is 27.8 Å². The zero-order chi connectivity index (χ0) is 28.1. The van der Waals surface area contributed by atoms with E-state index in [-0.39, 0.29) is 0 Å². The van der Waals surface area contributed by atoms with Gasteiger partial charge >= 0.3 is 0 Å². The number of rotatable bonds is 6. The molecule has 0 bridgehead atoms. The summed E-state index contributed by atoms with van der Waals surface area (Å²) in [5.41, 5.74) is 4.51. The molecule has 2 aromatic carbocycles. The molecule has 0 aliphatic carbocycles. The molecule has 2 fully saturated rings. The molecular weight excluding hydrogens is 563 g/mol. The fourth-order valence-electron chi connectivity index (χ4n) is 5.95. The molecule has 0 amide bonds. The average Bonchev–Trinajstić information content (AvgIpc) is 3.68. The molecule has 7 rings (SSSR count). The van der Waals surface area contributed by atoms with Crippen LogP contribution in [0.2, 0.25) is 10.0 Å². The van der Waals surface area contributed by atoms with Gasteiger partial charge in [-0.1, -0.05) is 23.2 Å². The molecule has 12 heteroatoms. The van der Waals surface area contributed by atoms with Gasteiger partial charge in [0.1, 0.15) is 17.8 Å². The Balaban J connectivity index is 1.20. The molecule has 1 atom stereocenters. The van der Waals surface area contributed by atoms with E-state index in [1.54, 1.807) is 23.0 Å². The maximum Gasteiger partial charge on any atom is 0.229 e. The molecule has 0 radical (unpaired) electrons. The fraction of sp³-hybridized carbons (Fsp3) is 0.310. The summed E-state index contributed by atoms with van der Waals surface area (Å²) >= 11 is 13.5. The number of anilines is 3. The molecule has 2 saturated heterocycles. The number of benzene rings is 2. The van der Waals surface area contributed by atoms with Gasteiger partial charge in [-0.2, -0.15) is 4.98 Å². The lowest BCUT2D eigenvalue weighted by molar-refractivity contribution is 0.231. The van der Waals surface area contributed by atoms with E-state index in [2.05, 4.69) is 54.6 Å². The minimum absolute atomic E-state index is 0.343. The van der Waals surface area contributed by atoms with Gasteiger partial charge < -0.3 is 19.7 Å². The lowest BCUT2D eigenvalue weighted by Gasteiger charge is -2.38. The van der Waals surface area contributed by atoms with Crippen molar-refractivity contribution in [2.45, 2.75) is 18.9 Å². The maximum absolute atomic E-state index is 6.73. The number of aromatic nitrogens is 5. The first-order chi connectivity index (χ1) is 20.0. The third-order valence-corrected chi connectivity index (χ3v) is 8.78. The predicted molar refractivity (Wildman–Crippen MR) is 161 cm³/mol. The highest BCUT2D eigenvalue weighted by Gasteiger charge is 2.30. The number of nitrogens with one attached hydrogen (secondary N) is 1. The Morgan fingerprint density at radius 3 is 2.49 bits per heavy atom. The van der Waals surface area contributed by atoms with Crippen LogP contribution in [-0.2, 0) is 0 Å². The summed E-state index contributed by atoms with van der Waals surface area (Å²) in [5.74, 6) is 1.33. The zero-order valence-electron chi connectivity index (χ0n) is 22.6. The number of ether oxygens (including phenoxy) is 2. The first-order valence-corrected chi connectivity index (χ1v) is 14.3.